The van der Waals surface area contributed by atoms with Gasteiger partial charge in [0.2, 0.25) is 0 Å². The molecule has 0 N–H and O–H groups in total. The SMILES string of the molecule is CCC(C)(C)C(c1ccc2c(F)cccc2n1)C(C)(C)C. The van der Waals surface area contributed by atoms with Gasteiger partial charge in [0, 0.05) is 17.0 Å². The number of fused-ring (bicyclic) bond motifs is 1. The highest BCUT2D eigenvalue weighted by Crippen LogP contribution is 2.48. The Balaban J connectivity index is 2.61. The van der Waals surface area contributed by atoms with Crippen LogP contribution in [0.4, 0.5) is 4.39 Å². The predicted octanol–water partition coefficient (Wildman–Crippen LogP) is 5.94. The molecule has 2 heteroatoms. The van der Waals surface area contributed by atoms with Crippen LogP contribution in [0, 0.1) is 16.6 Å². The molecular formula is C19H26FN. The van der Waals surface area contributed by atoms with Crippen molar-refractivity contribution in [2.45, 2.75) is 53.9 Å². The molecule has 0 spiro atoms. The van der Waals surface area contributed by atoms with Crippen molar-refractivity contribution in [2.75, 3.05) is 0 Å². The molecule has 1 atom stereocenters. The van der Waals surface area contributed by atoms with Crippen LogP contribution in [-0.2, 0) is 0 Å². The van der Waals surface area contributed by atoms with Crippen molar-refractivity contribution < 1.29 is 4.39 Å². The Labute approximate surface area is 127 Å². The lowest BCUT2D eigenvalue weighted by Crippen LogP contribution is -2.32. The van der Waals surface area contributed by atoms with Gasteiger partial charge in [-0.05, 0) is 35.1 Å². The minimum absolute atomic E-state index is 0.105. The first kappa shape index (κ1) is 15.9. The van der Waals surface area contributed by atoms with Gasteiger partial charge in [0.15, 0.2) is 0 Å². The number of benzene rings is 1. The van der Waals surface area contributed by atoms with E-state index in [0.717, 1.165) is 17.6 Å². The second kappa shape index (κ2) is 5.40. The van der Waals surface area contributed by atoms with E-state index in [4.69, 9.17) is 4.98 Å². The minimum Gasteiger partial charge on any atom is -0.252 e. The monoisotopic (exact) mass is 287 g/mol. The van der Waals surface area contributed by atoms with Crippen LogP contribution in [0.5, 0.6) is 0 Å². The Bertz CT molecular complexity index is 638. The smallest absolute Gasteiger partial charge is 0.132 e. The van der Waals surface area contributed by atoms with Crippen molar-refractivity contribution in [2.24, 2.45) is 10.8 Å². The molecule has 0 fully saturated rings. The molecule has 1 heterocycles. The van der Waals surface area contributed by atoms with Crippen LogP contribution in [-0.4, -0.2) is 4.98 Å². The number of hydrogen-bond acceptors (Lipinski definition) is 1. The first-order valence-corrected chi connectivity index (χ1v) is 7.72. The second-order valence-corrected chi connectivity index (χ2v) is 7.68. The lowest BCUT2D eigenvalue weighted by molar-refractivity contribution is 0.149. The fourth-order valence-corrected chi connectivity index (χ4v) is 3.51. The fraction of sp³-hybridized carbons (Fsp3) is 0.526. The highest BCUT2D eigenvalue weighted by atomic mass is 19.1. The molecule has 0 aliphatic carbocycles. The topological polar surface area (TPSA) is 12.9 Å². The molecule has 1 unspecified atom stereocenters. The van der Waals surface area contributed by atoms with Crippen LogP contribution in [0.3, 0.4) is 0 Å². The van der Waals surface area contributed by atoms with Gasteiger partial charge in [0.25, 0.3) is 0 Å². The van der Waals surface area contributed by atoms with E-state index in [9.17, 15) is 4.39 Å². The van der Waals surface area contributed by atoms with E-state index in [-0.39, 0.29) is 16.6 Å². The Morgan fingerprint density at radius 3 is 2.29 bits per heavy atom. The normalized spacial score (nSPS) is 14.4. The number of nitrogens with zero attached hydrogens (tertiary/aromatic N) is 1. The Hall–Kier alpha value is -1.44. The lowest BCUT2D eigenvalue weighted by Gasteiger charge is -2.42. The Kier molecular flexibility index (Phi) is 4.10. The highest BCUT2D eigenvalue weighted by Gasteiger charge is 2.39. The van der Waals surface area contributed by atoms with E-state index in [2.05, 4.69) is 41.5 Å². The molecule has 1 aromatic heterocycles. The quantitative estimate of drug-likeness (QED) is 0.680. The van der Waals surface area contributed by atoms with E-state index in [1.54, 1.807) is 6.07 Å². The van der Waals surface area contributed by atoms with Gasteiger partial charge in [-0.1, -0.05) is 54.0 Å². The van der Waals surface area contributed by atoms with Crippen molar-refractivity contribution in [1.29, 1.82) is 0 Å². The zero-order valence-electron chi connectivity index (χ0n) is 14.0. The number of hydrogen-bond donors (Lipinski definition) is 0. The Morgan fingerprint density at radius 1 is 1.05 bits per heavy atom. The Morgan fingerprint density at radius 2 is 1.71 bits per heavy atom. The molecule has 0 aliphatic rings. The molecule has 0 aliphatic heterocycles. The maximum Gasteiger partial charge on any atom is 0.132 e. The summed E-state index contributed by atoms with van der Waals surface area (Å²) >= 11 is 0. The lowest BCUT2D eigenvalue weighted by atomic mass is 9.63. The fourth-order valence-electron chi connectivity index (χ4n) is 3.51. The first-order valence-electron chi connectivity index (χ1n) is 7.72. The maximum absolute atomic E-state index is 13.8. The molecular weight excluding hydrogens is 261 g/mol. The van der Waals surface area contributed by atoms with Gasteiger partial charge in [-0.3, -0.25) is 4.98 Å². The molecule has 0 bridgehead atoms. The first-order chi connectivity index (χ1) is 9.66. The van der Waals surface area contributed by atoms with Gasteiger partial charge in [-0.25, -0.2) is 4.39 Å². The summed E-state index contributed by atoms with van der Waals surface area (Å²) in [6.45, 7) is 13.6. The third kappa shape index (κ3) is 3.09. The number of aromatic nitrogens is 1. The van der Waals surface area contributed by atoms with E-state index < -0.39 is 0 Å². The average molecular weight is 287 g/mol. The highest BCUT2D eigenvalue weighted by molar-refractivity contribution is 5.79. The summed E-state index contributed by atoms with van der Waals surface area (Å²) in [5, 5.41) is 0.600. The summed E-state index contributed by atoms with van der Waals surface area (Å²) < 4.78 is 13.8. The van der Waals surface area contributed by atoms with Gasteiger partial charge in [0.1, 0.15) is 5.82 Å². The summed E-state index contributed by atoms with van der Waals surface area (Å²) in [5.41, 5.74) is 2.06. The second-order valence-electron chi connectivity index (χ2n) is 7.68. The van der Waals surface area contributed by atoms with Crippen LogP contribution in [0.25, 0.3) is 10.9 Å². The van der Waals surface area contributed by atoms with Crippen LogP contribution in [0.15, 0.2) is 30.3 Å². The van der Waals surface area contributed by atoms with E-state index in [0.29, 0.717) is 11.3 Å². The summed E-state index contributed by atoms with van der Waals surface area (Å²) in [5.74, 6) is 0.122. The minimum atomic E-state index is -0.200. The molecule has 0 saturated heterocycles. The van der Waals surface area contributed by atoms with Crippen molar-refractivity contribution in [3.8, 4) is 0 Å². The zero-order chi connectivity index (χ0) is 15.8. The summed E-state index contributed by atoms with van der Waals surface area (Å²) in [6.07, 6.45) is 1.08. The van der Waals surface area contributed by atoms with Gasteiger partial charge in [0.05, 0.1) is 5.52 Å². The summed E-state index contributed by atoms with van der Waals surface area (Å²) in [6, 6.07) is 8.98. The van der Waals surface area contributed by atoms with E-state index in [1.807, 2.05) is 18.2 Å². The molecule has 114 valence electrons. The zero-order valence-corrected chi connectivity index (χ0v) is 14.0. The average Bonchev–Trinajstić information content (AvgIpc) is 2.37. The number of pyridine rings is 1. The number of halogens is 1. The van der Waals surface area contributed by atoms with E-state index in [1.165, 1.54) is 6.07 Å². The molecule has 0 radical (unpaired) electrons. The summed E-state index contributed by atoms with van der Waals surface area (Å²) in [7, 11) is 0. The third-order valence-electron chi connectivity index (χ3n) is 4.55. The standard InChI is InChI=1S/C19H26FN/c1-7-19(5,6)17(18(2,3)4)16-12-11-13-14(20)9-8-10-15(13)21-16/h8-12,17H,7H2,1-6H3. The predicted molar refractivity (Wildman–Crippen MR) is 88.0 cm³/mol. The molecule has 1 nitrogen and oxygen atoms in total. The molecule has 2 aromatic rings. The van der Waals surface area contributed by atoms with Gasteiger partial charge in [-0.2, -0.15) is 0 Å². The van der Waals surface area contributed by atoms with Crippen LogP contribution in [0.1, 0.15) is 59.6 Å². The van der Waals surface area contributed by atoms with Gasteiger partial charge >= 0.3 is 0 Å². The van der Waals surface area contributed by atoms with Crippen molar-refractivity contribution in [1.82, 2.24) is 4.98 Å². The van der Waals surface area contributed by atoms with Crippen molar-refractivity contribution in [3.05, 3.63) is 41.8 Å². The molecule has 0 amide bonds. The molecule has 2 rings (SSSR count). The summed E-state index contributed by atoms with van der Waals surface area (Å²) in [4.78, 5) is 4.78. The van der Waals surface area contributed by atoms with Gasteiger partial charge < -0.3 is 0 Å². The number of rotatable bonds is 3. The third-order valence-corrected chi connectivity index (χ3v) is 4.55. The molecule has 1 aromatic carbocycles. The van der Waals surface area contributed by atoms with Crippen molar-refractivity contribution in [3.63, 3.8) is 0 Å². The van der Waals surface area contributed by atoms with Crippen LogP contribution in [0.2, 0.25) is 0 Å². The largest absolute Gasteiger partial charge is 0.252 e. The van der Waals surface area contributed by atoms with Gasteiger partial charge in [-0.15, -0.1) is 0 Å². The van der Waals surface area contributed by atoms with Crippen LogP contribution >= 0.6 is 0 Å². The van der Waals surface area contributed by atoms with Crippen LogP contribution < -0.4 is 0 Å². The molecule has 21 heavy (non-hydrogen) atoms. The molecule has 0 saturated carbocycles. The maximum atomic E-state index is 13.8. The van der Waals surface area contributed by atoms with E-state index >= 15 is 0 Å². The van der Waals surface area contributed by atoms with Crippen molar-refractivity contribution >= 4 is 10.9 Å².